The van der Waals surface area contributed by atoms with Crippen molar-refractivity contribution in [2.75, 3.05) is 6.61 Å². The highest BCUT2D eigenvalue weighted by Crippen LogP contribution is 2.19. The van der Waals surface area contributed by atoms with Crippen LogP contribution in [0.2, 0.25) is 0 Å². The highest BCUT2D eigenvalue weighted by molar-refractivity contribution is 5.93. The van der Waals surface area contributed by atoms with Gasteiger partial charge in [-0.05, 0) is 57.6 Å². The Morgan fingerprint density at radius 1 is 0.944 bits per heavy atom. The Labute approximate surface area is 218 Å². The number of carbonyl (C=O) groups excluding carboxylic acids is 1. The van der Waals surface area contributed by atoms with Gasteiger partial charge in [-0.2, -0.15) is 0 Å². The van der Waals surface area contributed by atoms with Gasteiger partial charge in [0.15, 0.2) is 0 Å². The van der Waals surface area contributed by atoms with Crippen LogP contribution in [0.3, 0.4) is 0 Å². The van der Waals surface area contributed by atoms with Gasteiger partial charge in [0.05, 0.1) is 12.7 Å². The summed E-state index contributed by atoms with van der Waals surface area (Å²) in [7, 11) is 0. The monoisotopic (exact) mass is 491 g/mol. The Morgan fingerprint density at radius 2 is 1.58 bits per heavy atom. The van der Waals surface area contributed by atoms with E-state index in [9.17, 15) is 9.90 Å². The number of aliphatic hydroxyl groups excluding tert-OH is 2. The number of carbonyl (C=O) groups is 1. The molecule has 0 heterocycles. The molecule has 1 aromatic rings. The Kier molecular flexibility index (Phi) is 15.1. The fraction of sp³-hybridized carbons (Fsp3) is 0.406. The summed E-state index contributed by atoms with van der Waals surface area (Å²) in [5, 5.41) is 22.5. The first-order chi connectivity index (χ1) is 17.1. The average molecular weight is 492 g/mol. The van der Waals surface area contributed by atoms with Crippen molar-refractivity contribution < 1.29 is 15.0 Å². The van der Waals surface area contributed by atoms with E-state index >= 15 is 0 Å². The predicted octanol–water partition coefficient (Wildman–Crippen LogP) is 6.26. The predicted molar refractivity (Wildman–Crippen MR) is 152 cm³/mol. The normalized spacial score (nSPS) is 17.1. The number of nitrogens with one attached hydrogen (secondary N) is 1. The van der Waals surface area contributed by atoms with Crippen LogP contribution in [0, 0.1) is 11.8 Å². The van der Waals surface area contributed by atoms with Crippen LogP contribution in [0.1, 0.15) is 53.5 Å². The number of benzene rings is 1. The molecule has 0 aromatic heterocycles. The SMILES string of the molecule is CC(=C/[C@@H](C)[C@@H](O)/C(C)=C/C(C)CCc1ccccc1)/C=C/C=C/C=C/C=C(\C)C(=O)N[C@@H](C)CO. The summed E-state index contributed by atoms with van der Waals surface area (Å²) in [6.07, 6.45) is 19.1. The van der Waals surface area contributed by atoms with Gasteiger partial charge in [0.25, 0.3) is 0 Å². The van der Waals surface area contributed by atoms with Gasteiger partial charge in [-0.15, -0.1) is 0 Å². The molecule has 0 radical (unpaired) electrons. The van der Waals surface area contributed by atoms with Gasteiger partial charge in [-0.1, -0.05) is 104 Å². The maximum Gasteiger partial charge on any atom is 0.247 e. The molecule has 196 valence electrons. The number of allylic oxidation sites excluding steroid dienone is 9. The molecule has 3 N–H and O–H groups in total. The van der Waals surface area contributed by atoms with Gasteiger partial charge < -0.3 is 15.5 Å². The number of hydrogen-bond acceptors (Lipinski definition) is 3. The van der Waals surface area contributed by atoms with Crippen molar-refractivity contribution in [1.29, 1.82) is 0 Å². The molecule has 0 aliphatic heterocycles. The van der Waals surface area contributed by atoms with Crippen molar-refractivity contribution in [3.63, 3.8) is 0 Å². The molecular formula is C32H45NO3. The van der Waals surface area contributed by atoms with Gasteiger partial charge >= 0.3 is 0 Å². The zero-order valence-corrected chi connectivity index (χ0v) is 22.8. The largest absolute Gasteiger partial charge is 0.394 e. The smallest absolute Gasteiger partial charge is 0.247 e. The summed E-state index contributed by atoms with van der Waals surface area (Å²) >= 11 is 0. The van der Waals surface area contributed by atoms with E-state index in [2.05, 4.69) is 48.7 Å². The summed E-state index contributed by atoms with van der Waals surface area (Å²) in [6, 6.07) is 10.3. The summed E-state index contributed by atoms with van der Waals surface area (Å²) in [4.78, 5) is 11.9. The molecule has 0 aliphatic carbocycles. The molecule has 4 atom stereocenters. The molecule has 1 unspecified atom stereocenters. The Hall–Kier alpha value is -2.95. The summed E-state index contributed by atoms with van der Waals surface area (Å²) in [5.74, 6) is 0.241. The van der Waals surface area contributed by atoms with E-state index in [-0.39, 0.29) is 24.5 Å². The van der Waals surface area contributed by atoms with Crippen LogP contribution in [0.25, 0.3) is 0 Å². The average Bonchev–Trinajstić information content (AvgIpc) is 2.86. The zero-order valence-electron chi connectivity index (χ0n) is 22.8. The minimum Gasteiger partial charge on any atom is -0.394 e. The van der Waals surface area contributed by atoms with Crippen LogP contribution in [0.4, 0.5) is 0 Å². The first-order valence-corrected chi connectivity index (χ1v) is 12.8. The van der Waals surface area contributed by atoms with Crippen molar-refractivity contribution >= 4 is 5.91 Å². The van der Waals surface area contributed by atoms with E-state index in [0.29, 0.717) is 11.5 Å². The molecular weight excluding hydrogens is 446 g/mol. The minimum atomic E-state index is -0.501. The lowest BCUT2D eigenvalue weighted by Gasteiger charge is -2.19. The quantitative estimate of drug-likeness (QED) is 0.163. The third kappa shape index (κ3) is 13.2. The summed E-state index contributed by atoms with van der Waals surface area (Å²) in [6.45, 7) is 11.7. The topological polar surface area (TPSA) is 69.6 Å². The molecule has 1 amide bonds. The van der Waals surface area contributed by atoms with E-state index in [1.54, 1.807) is 26.0 Å². The molecule has 1 aromatic carbocycles. The molecule has 0 spiro atoms. The van der Waals surface area contributed by atoms with E-state index in [1.807, 2.05) is 57.2 Å². The Balaban J connectivity index is 2.53. The fourth-order valence-corrected chi connectivity index (χ4v) is 3.70. The molecule has 0 aliphatic rings. The highest BCUT2D eigenvalue weighted by atomic mass is 16.3. The van der Waals surface area contributed by atoms with Gasteiger partial charge in [0.1, 0.15) is 0 Å². The van der Waals surface area contributed by atoms with Crippen molar-refractivity contribution in [2.24, 2.45) is 11.8 Å². The maximum atomic E-state index is 11.9. The van der Waals surface area contributed by atoms with E-state index < -0.39 is 6.10 Å². The number of aryl methyl sites for hydroxylation is 1. The molecule has 0 saturated carbocycles. The van der Waals surface area contributed by atoms with E-state index in [1.165, 1.54) is 5.56 Å². The van der Waals surface area contributed by atoms with Crippen LogP contribution in [-0.4, -0.2) is 34.9 Å². The van der Waals surface area contributed by atoms with Crippen molar-refractivity contribution in [3.05, 3.63) is 107 Å². The number of hydrogen-bond donors (Lipinski definition) is 3. The second-order valence-corrected chi connectivity index (χ2v) is 9.66. The van der Waals surface area contributed by atoms with E-state index in [4.69, 9.17) is 5.11 Å². The second kappa shape index (κ2) is 17.5. The highest BCUT2D eigenvalue weighted by Gasteiger charge is 2.14. The van der Waals surface area contributed by atoms with Crippen LogP contribution in [0.15, 0.2) is 102 Å². The molecule has 0 bridgehead atoms. The number of rotatable bonds is 14. The first kappa shape index (κ1) is 31.1. The number of amides is 1. The Bertz CT molecular complexity index is 966. The third-order valence-corrected chi connectivity index (χ3v) is 5.93. The lowest BCUT2D eigenvalue weighted by molar-refractivity contribution is -0.118. The Morgan fingerprint density at radius 3 is 2.25 bits per heavy atom. The standard InChI is InChI=1S/C32H45NO3/c1-24(15-11-8-7-9-12-16-26(3)32(36)33-29(6)23-34)21-27(4)31(35)28(5)22-25(2)19-20-30-17-13-10-14-18-30/h7-18,21-22,25,27,29,31,34-35H,19-20,23H2,1-6H3,(H,33,36)/b8-7+,12-9+,15-11+,24-21-,26-16+,28-22+/t25?,27-,29+,31-/m1/s1. The van der Waals surface area contributed by atoms with Crippen LogP contribution in [0.5, 0.6) is 0 Å². The maximum absolute atomic E-state index is 11.9. The first-order valence-electron chi connectivity index (χ1n) is 12.8. The fourth-order valence-electron chi connectivity index (χ4n) is 3.70. The van der Waals surface area contributed by atoms with Crippen molar-refractivity contribution in [1.82, 2.24) is 5.32 Å². The van der Waals surface area contributed by atoms with Crippen LogP contribution in [-0.2, 0) is 11.2 Å². The number of aliphatic hydroxyl groups is 2. The molecule has 0 saturated heterocycles. The summed E-state index contributed by atoms with van der Waals surface area (Å²) < 4.78 is 0. The van der Waals surface area contributed by atoms with Gasteiger partial charge in [-0.25, -0.2) is 0 Å². The van der Waals surface area contributed by atoms with Crippen molar-refractivity contribution in [2.45, 2.75) is 66.5 Å². The molecule has 0 fully saturated rings. The molecule has 4 heteroatoms. The molecule has 4 nitrogen and oxygen atoms in total. The third-order valence-electron chi connectivity index (χ3n) is 5.93. The molecule has 1 rings (SSSR count). The van der Waals surface area contributed by atoms with Crippen LogP contribution >= 0.6 is 0 Å². The van der Waals surface area contributed by atoms with Gasteiger partial charge in [-0.3, -0.25) is 4.79 Å². The zero-order chi connectivity index (χ0) is 26.9. The van der Waals surface area contributed by atoms with Gasteiger partial charge in [0, 0.05) is 17.5 Å². The van der Waals surface area contributed by atoms with E-state index in [0.717, 1.165) is 24.0 Å². The second-order valence-electron chi connectivity index (χ2n) is 9.66. The lowest BCUT2D eigenvalue weighted by Crippen LogP contribution is -2.35. The lowest BCUT2D eigenvalue weighted by atomic mass is 9.92. The minimum absolute atomic E-state index is 0.0175. The summed E-state index contributed by atoms with van der Waals surface area (Å²) in [5.41, 5.74) is 4.04. The van der Waals surface area contributed by atoms with Gasteiger partial charge in [0.2, 0.25) is 5.91 Å². The molecule has 36 heavy (non-hydrogen) atoms. The van der Waals surface area contributed by atoms with Crippen molar-refractivity contribution in [3.8, 4) is 0 Å². The van der Waals surface area contributed by atoms with Crippen LogP contribution < -0.4 is 5.32 Å².